The lowest BCUT2D eigenvalue weighted by Gasteiger charge is -2.04. The first-order valence-corrected chi connectivity index (χ1v) is 7.58. The number of aryl methyl sites for hydroxylation is 3. The van der Waals surface area contributed by atoms with Crippen molar-refractivity contribution in [1.29, 1.82) is 0 Å². The summed E-state index contributed by atoms with van der Waals surface area (Å²) in [5, 5.41) is 7.18. The second-order valence-corrected chi connectivity index (χ2v) is 5.65. The van der Waals surface area contributed by atoms with Crippen LogP contribution in [0.1, 0.15) is 30.0 Å². The van der Waals surface area contributed by atoms with Gasteiger partial charge in [-0.1, -0.05) is 17.3 Å². The molecule has 116 valence electrons. The van der Waals surface area contributed by atoms with Crippen molar-refractivity contribution in [2.24, 2.45) is 0 Å². The Morgan fingerprint density at radius 2 is 2.14 bits per heavy atom. The molecule has 1 unspecified atom stereocenters. The van der Waals surface area contributed by atoms with Gasteiger partial charge >= 0.3 is 0 Å². The predicted octanol–water partition coefficient (Wildman–Crippen LogP) is 2.19. The van der Waals surface area contributed by atoms with E-state index in [1.807, 2.05) is 19.2 Å². The first-order valence-electron chi connectivity index (χ1n) is 7.58. The second-order valence-electron chi connectivity index (χ2n) is 5.65. The molecule has 0 bridgehead atoms. The van der Waals surface area contributed by atoms with Crippen LogP contribution in [0.3, 0.4) is 0 Å². The maximum atomic E-state index is 5.30. The number of aromatic amines is 1. The molecular weight excluding hydrogens is 278 g/mol. The highest BCUT2D eigenvalue weighted by molar-refractivity contribution is 5.78. The summed E-state index contributed by atoms with van der Waals surface area (Å²) in [5.74, 6) is 2.36. The van der Waals surface area contributed by atoms with Gasteiger partial charge in [0.15, 0.2) is 5.82 Å². The third kappa shape index (κ3) is 3.17. The van der Waals surface area contributed by atoms with Crippen LogP contribution in [0, 0.1) is 6.92 Å². The van der Waals surface area contributed by atoms with Crippen molar-refractivity contribution < 1.29 is 4.52 Å². The number of fused-ring (bicyclic) bond motifs is 1. The highest BCUT2D eigenvalue weighted by atomic mass is 16.5. The van der Waals surface area contributed by atoms with E-state index >= 15 is 0 Å². The molecule has 2 aromatic heterocycles. The van der Waals surface area contributed by atoms with E-state index in [2.05, 4.69) is 45.3 Å². The number of imidazole rings is 1. The smallest absolute Gasteiger partial charge is 0.227 e. The minimum Gasteiger partial charge on any atom is -0.342 e. The molecule has 1 atom stereocenters. The lowest BCUT2D eigenvalue weighted by molar-refractivity contribution is 0.370. The Morgan fingerprint density at radius 3 is 2.91 bits per heavy atom. The molecule has 2 heterocycles. The fourth-order valence-corrected chi connectivity index (χ4v) is 2.42. The van der Waals surface area contributed by atoms with Gasteiger partial charge in [0.25, 0.3) is 0 Å². The standard InChI is InChI=1S/C16H21N5O/c1-10-5-4-6-12-16(10)20-13(18-12)7-8-15-19-14(21-22-15)9-11(2)17-3/h4-6,11,17H,7-9H2,1-3H3,(H,18,20). The highest BCUT2D eigenvalue weighted by Crippen LogP contribution is 2.16. The number of rotatable bonds is 6. The number of nitrogens with zero attached hydrogens (tertiary/aromatic N) is 3. The maximum absolute atomic E-state index is 5.30. The van der Waals surface area contributed by atoms with E-state index < -0.39 is 0 Å². The predicted molar refractivity (Wildman–Crippen MR) is 84.8 cm³/mol. The van der Waals surface area contributed by atoms with Crippen molar-refractivity contribution in [2.75, 3.05) is 7.05 Å². The van der Waals surface area contributed by atoms with Gasteiger partial charge in [0.05, 0.1) is 11.0 Å². The van der Waals surface area contributed by atoms with E-state index in [-0.39, 0.29) is 0 Å². The molecule has 6 heteroatoms. The van der Waals surface area contributed by atoms with Crippen LogP contribution in [-0.4, -0.2) is 33.2 Å². The van der Waals surface area contributed by atoms with Crippen LogP contribution in [0.5, 0.6) is 0 Å². The number of benzene rings is 1. The van der Waals surface area contributed by atoms with Gasteiger partial charge in [0.2, 0.25) is 5.89 Å². The van der Waals surface area contributed by atoms with Gasteiger partial charge in [-0.15, -0.1) is 0 Å². The fraction of sp³-hybridized carbons (Fsp3) is 0.438. The van der Waals surface area contributed by atoms with E-state index in [1.165, 1.54) is 5.56 Å². The van der Waals surface area contributed by atoms with Gasteiger partial charge in [-0.05, 0) is 32.5 Å². The first kappa shape index (κ1) is 14.7. The summed E-state index contributed by atoms with van der Waals surface area (Å²) >= 11 is 0. The van der Waals surface area contributed by atoms with Crippen LogP contribution in [-0.2, 0) is 19.3 Å². The molecule has 2 N–H and O–H groups in total. The van der Waals surface area contributed by atoms with E-state index in [0.717, 1.165) is 35.5 Å². The van der Waals surface area contributed by atoms with Crippen LogP contribution < -0.4 is 5.32 Å². The summed E-state index contributed by atoms with van der Waals surface area (Å²) in [7, 11) is 1.93. The van der Waals surface area contributed by atoms with E-state index in [0.29, 0.717) is 18.4 Å². The molecule has 0 aliphatic carbocycles. The Kier molecular flexibility index (Phi) is 4.20. The number of H-pyrrole nitrogens is 1. The first-order chi connectivity index (χ1) is 10.7. The molecule has 0 aliphatic heterocycles. The van der Waals surface area contributed by atoms with Gasteiger partial charge in [0.1, 0.15) is 5.82 Å². The maximum Gasteiger partial charge on any atom is 0.227 e. The fourth-order valence-electron chi connectivity index (χ4n) is 2.42. The summed E-state index contributed by atoms with van der Waals surface area (Å²) < 4.78 is 5.30. The number of hydrogen-bond donors (Lipinski definition) is 2. The van der Waals surface area contributed by atoms with Crippen molar-refractivity contribution in [3.8, 4) is 0 Å². The number of nitrogens with one attached hydrogen (secondary N) is 2. The van der Waals surface area contributed by atoms with Crippen LogP contribution in [0.25, 0.3) is 11.0 Å². The van der Waals surface area contributed by atoms with Crippen molar-refractivity contribution in [2.45, 2.75) is 39.2 Å². The summed E-state index contributed by atoms with van der Waals surface area (Å²) in [4.78, 5) is 12.4. The topological polar surface area (TPSA) is 79.6 Å². The molecule has 0 amide bonds. The van der Waals surface area contributed by atoms with Crippen molar-refractivity contribution in [3.05, 3.63) is 41.3 Å². The van der Waals surface area contributed by atoms with E-state index in [9.17, 15) is 0 Å². The van der Waals surface area contributed by atoms with Gasteiger partial charge in [-0.25, -0.2) is 4.98 Å². The Bertz CT molecular complexity index is 761. The van der Waals surface area contributed by atoms with Crippen molar-refractivity contribution in [1.82, 2.24) is 25.4 Å². The molecule has 22 heavy (non-hydrogen) atoms. The third-order valence-corrected chi connectivity index (χ3v) is 3.83. The minimum absolute atomic E-state index is 0.337. The minimum atomic E-state index is 0.337. The summed E-state index contributed by atoms with van der Waals surface area (Å²) in [6.07, 6.45) is 2.22. The number of aromatic nitrogens is 4. The average Bonchev–Trinajstić information content (AvgIpc) is 3.12. The Balaban J connectivity index is 1.65. The van der Waals surface area contributed by atoms with E-state index in [1.54, 1.807) is 0 Å². The Morgan fingerprint density at radius 1 is 1.27 bits per heavy atom. The van der Waals surface area contributed by atoms with Gasteiger partial charge in [-0.3, -0.25) is 0 Å². The van der Waals surface area contributed by atoms with Gasteiger partial charge in [-0.2, -0.15) is 4.98 Å². The highest BCUT2D eigenvalue weighted by Gasteiger charge is 2.11. The Hall–Kier alpha value is -2.21. The molecule has 0 radical (unpaired) electrons. The monoisotopic (exact) mass is 299 g/mol. The lowest BCUT2D eigenvalue weighted by Crippen LogP contribution is -2.24. The SMILES string of the molecule is CNC(C)Cc1noc(CCc2nc3c(C)cccc3[nH]2)n1. The average molecular weight is 299 g/mol. The van der Waals surface area contributed by atoms with Crippen molar-refractivity contribution >= 4 is 11.0 Å². The second kappa shape index (κ2) is 6.27. The quantitative estimate of drug-likeness (QED) is 0.729. The molecule has 3 rings (SSSR count). The molecule has 3 aromatic rings. The van der Waals surface area contributed by atoms with Crippen LogP contribution in [0.15, 0.2) is 22.7 Å². The molecule has 0 fully saturated rings. The van der Waals surface area contributed by atoms with Crippen LogP contribution in [0.2, 0.25) is 0 Å². The molecule has 0 saturated carbocycles. The van der Waals surface area contributed by atoms with Crippen LogP contribution >= 0.6 is 0 Å². The zero-order chi connectivity index (χ0) is 15.5. The van der Waals surface area contributed by atoms with E-state index in [4.69, 9.17) is 4.52 Å². The molecule has 0 aliphatic rings. The summed E-state index contributed by atoms with van der Waals surface area (Å²) in [6, 6.07) is 6.49. The zero-order valence-corrected chi connectivity index (χ0v) is 13.2. The Labute approximate surface area is 129 Å². The number of likely N-dealkylation sites (N-methyl/N-ethyl adjacent to an activating group) is 1. The lowest BCUT2D eigenvalue weighted by atomic mass is 10.2. The van der Waals surface area contributed by atoms with Gasteiger partial charge < -0.3 is 14.8 Å². The third-order valence-electron chi connectivity index (χ3n) is 3.83. The summed E-state index contributed by atoms with van der Waals surface area (Å²) in [5.41, 5.74) is 3.29. The molecule has 6 nitrogen and oxygen atoms in total. The molecular formula is C16H21N5O. The van der Waals surface area contributed by atoms with Gasteiger partial charge in [0, 0.05) is 25.3 Å². The zero-order valence-electron chi connectivity index (χ0n) is 13.2. The number of hydrogen-bond acceptors (Lipinski definition) is 5. The number of para-hydroxylation sites is 1. The molecule has 0 spiro atoms. The van der Waals surface area contributed by atoms with Crippen molar-refractivity contribution in [3.63, 3.8) is 0 Å². The summed E-state index contributed by atoms with van der Waals surface area (Å²) in [6.45, 7) is 4.16. The largest absolute Gasteiger partial charge is 0.342 e. The molecule has 0 saturated heterocycles. The normalized spacial score (nSPS) is 12.9. The van der Waals surface area contributed by atoms with Crippen LogP contribution in [0.4, 0.5) is 0 Å². The molecule has 1 aromatic carbocycles.